The van der Waals surface area contributed by atoms with Crippen molar-refractivity contribution in [3.8, 4) is 45.9 Å². The van der Waals surface area contributed by atoms with Crippen LogP contribution < -0.4 is 50.2 Å². The number of piperazine rings is 2. The van der Waals surface area contributed by atoms with Gasteiger partial charge in [0.2, 0.25) is 0 Å². The normalized spacial score (nSPS) is 18.5. The molecule has 0 aliphatic carbocycles. The number of nitrogens with zero attached hydrogens (tertiary/aromatic N) is 10. The van der Waals surface area contributed by atoms with Crippen molar-refractivity contribution in [2.45, 2.75) is 244 Å². The number of esters is 2. The minimum Gasteiger partial charge on any atom is -0.496 e. The van der Waals surface area contributed by atoms with E-state index in [4.69, 9.17) is 47.9 Å². The van der Waals surface area contributed by atoms with Crippen LogP contribution in [0.25, 0.3) is 33.2 Å². The molecule has 138 heavy (non-hydrogen) atoms. The average Bonchev–Trinajstić information content (AvgIpc) is 0.766. The number of para-hydroxylation sites is 6. The van der Waals surface area contributed by atoms with Gasteiger partial charge in [-0.3, -0.25) is 57.5 Å². The first-order valence-electron chi connectivity index (χ1n) is 51.0. The summed E-state index contributed by atoms with van der Waals surface area (Å²) in [6, 6.07) is 60.0. The Morgan fingerprint density at radius 2 is 0.761 bits per heavy atom. The number of carbonyl (C=O) groups excluding carboxylic acids is 4. The van der Waals surface area contributed by atoms with E-state index in [9.17, 15) is 28.8 Å². The van der Waals surface area contributed by atoms with Crippen molar-refractivity contribution in [3.05, 3.63) is 248 Å². The molecule has 26 nitrogen and oxygen atoms in total. The number of hydrogen-bond acceptors (Lipinski definition) is 22. The predicted octanol–water partition coefficient (Wildman–Crippen LogP) is 16.9. The second-order valence-corrected chi connectivity index (χ2v) is 38.1. The number of rotatable bonds is 46. The van der Waals surface area contributed by atoms with Gasteiger partial charge in [0.15, 0.2) is 13.2 Å². The van der Waals surface area contributed by atoms with Crippen LogP contribution in [0.15, 0.2) is 192 Å². The van der Waals surface area contributed by atoms with Gasteiger partial charge in [-0.15, -0.1) is 0 Å². The molecule has 6 aliphatic heterocycles. The molecular weight excluding hydrogens is 1740 g/mol. The SMILES string of the molecule is CCOc1ccccc1-n1c(CN2CCN(C(=O)COc3ccc(CNCCCCCCCCCCN4C5CCCC4CC(OC(=O)Cc4cc(C)ccc4OC)C5)cc3)CC2)nc2ccccc2c1=O.CCOc1ccccc1-n1c(CN2CCN(C(=O)COc3ccc(CNCCCCCCN4C5CCCC4CC(OC(=O)Cc4cc(C)ccc4OC)C5)cc3)CC2)nc2ccccc2c1=O. The van der Waals surface area contributed by atoms with Crippen molar-refractivity contribution >= 4 is 45.6 Å². The number of hydrogen-bond donors (Lipinski definition) is 2. The minimum atomic E-state index is -0.156. The number of unbranched alkanes of at least 4 members (excludes halogenated alkanes) is 10. The van der Waals surface area contributed by atoms with Crippen molar-refractivity contribution < 1.29 is 57.1 Å². The summed E-state index contributed by atoms with van der Waals surface area (Å²) in [6.45, 7) is 20.5. The summed E-state index contributed by atoms with van der Waals surface area (Å²) in [5, 5.41) is 8.29. The van der Waals surface area contributed by atoms with E-state index in [1.165, 1.54) is 127 Å². The molecule has 8 heterocycles. The maximum atomic E-state index is 13.9. The molecule has 2 aromatic heterocycles. The van der Waals surface area contributed by atoms with Crippen LogP contribution in [-0.2, 0) is 67.7 Å². The van der Waals surface area contributed by atoms with Crippen molar-refractivity contribution in [2.75, 3.05) is 119 Å². The van der Waals surface area contributed by atoms with Crippen molar-refractivity contribution in [1.82, 2.24) is 59.1 Å². The number of fused-ring (bicyclic) bond motifs is 6. The lowest BCUT2D eigenvalue weighted by molar-refractivity contribution is -0.155. The van der Waals surface area contributed by atoms with Gasteiger partial charge in [0.05, 0.1) is 86.5 Å². The molecule has 10 aromatic rings. The van der Waals surface area contributed by atoms with Crippen LogP contribution in [0.4, 0.5) is 0 Å². The first-order chi connectivity index (χ1) is 67.5. The summed E-state index contributed by atoms with van der Waals surface area (Å²) in [5.41, 5.74) is 8.79. The zero-order valence-corrected chi connectivity index (χ0v) is 82.1. The van der Waals surface area contributed by atoms with E-state index in [1.807, 2.05) is 195 Å². The number of aryl methyl sites for hydroxylation is 2. The largest absolute Gasteiger partial charge is 0.496 e. The van der Waals surface area contributed by atoms with Gasteiger partial charge in [0.25, 0.3) is 22.9 Å². The van der Waals surface area contributed by atoms with E-state index in [1.54, 1.807) is 23.4 Å². The number of nitrogens with one attached hydrogen (secondary N) is 2. The lowest BCUT2D eigenvalue weighted by atomic mass is 9.82. The van der Waals surface area contributed by atoms with E-state index in [2.05, 4.69) is 54.5 Å². The number of ether oxygens (including phenoxy) is 8. The highest BCUT2D eigenvalue weighted by molar-refractivity contribution is 5.81. The molecule has 4 atom stereocenters. The smallest absolute Gasteiger partial charge is 0.310 e. The van der Waals surface area contributed by atoms with Crippen LogP contribution in [0.5, 0.6) is 34.5 Å². The molecule has 6 fully saturated rings. The van der Waals surface area contributed by atoms with Crippen LogP contribution in [0.3, 0.4) is 0 Å². The van der Waals surface area contributed by atoms with Gasteiger partial charge in [-0.2, -0.15) is 0 Å². The Balaban J connectivity index is 0.000000210. The summed E-state index contributed by atoms with van der Waals surface area (Å²) < 4.78 is 50.1. The Bertz CT molecular complexity index is 5710. The molecule has 0 radical (unpaired) electrons. The van der Waals surface area contributed by atoms with Crippen molar-refractivity contribution in [3.63, 3.8) is 0 Å². The second-order valence-electron chi connectivity index (χ2n) is 38.1. The molecule has 0 spiro atoms. The standard InChI is InChI=1S/C58H76N6O7.C54H68N6O7/c1-4-69-54-23-14-13-22-52(54)64-55(60-51-21-12-11-20-50(51)58(64)67)41-61-32-34-62(35-33-61)56(65)42-70-48-27-25-44(26-28-48)40-59-30-15-9-7-5-6-8-10-16-31-63-46-18-17-19-47(63)39-49(38-46)71-57(66)37-45-36-43(2)24-29-53(45)68-3;1-4-65-50-19-10-9-18-48(50)60-51(56-47-17-8-7-16-46(47)54(60)63)37-57-28-30-58(31-29-57)52(61)38-66-44-23-21-40(22-24-44)36-55-26-11-5-6-12-27-59-42-14-13-15-43(59)35-45(34-42)67-53(62)33-41-32-39(2)20-25-49(41)64-3/h11-14,20-29,36,46-47,49,59H,4-10,15-19,30-35,37-42H2,1-3H3;7-10,16-25,32,42-43,45,55H,4-6,11-15,26-31,33-38H2,1-3H3. The molecule has 6 aliphatic rings. The first kappa shape index (κ1) is 101. The highest BCUT2D eigenvalue weighted by Crippen LogP contribution is 2.39. The molecule has 2 N–H and O–H groups in total. The third-order valence-electron chi connectivity index (χ3n) is 28.3. The Labute approximate surface area is 814 Å². The summed E-state index contributed by atoms with van der Waals surface area (Å²) in [6.07, 6.45) is 26.6. The molecule has 6 saturated heterocycles. The van der Waals surface area contributed by atoms with Gasteiger partial charge in [-0.25, -0.2) is 9.97 Å². The fourth-order valence-corrected chi connectivity index (χ4v) is 21.1. The number of amides is 2. The fourth-order valence-electron chi connectivity index (χ4n) is 21.1. The van der Waals surface area contributed by atoms with Gasteiger partial charge < -0.3 is 58.3 Å². The highest BCUT2D eigenvalue weighted by atomic mass is 16.6. The first-order valence-corrected chi connectivity index (χ1v) is 51.0. The lowest BCUT2D eigenvalue weighted by Crippen LogP contribution is -2.54. The zero-order valence-electron chi connectivity index (χ0n) is 82.1. The summed E-state index contributed by atoms with van der Waals surface area (Å²) in [4.78, 5) is 104. The Kier molecular flexibility index (Phi) is 37.6. The van der Waals surface area contributed by atoms with Crippen molar-refractivity contribution in [2.24, 2.45) is 0 Å². The quantitative estimate of drug-likeness (QED) is 0.0265. The summed E-state index contributed by atoms with van der Waals surface area (Å²) in [7, 11) is 3.29. The van der Waals surface area contributed by atoms with Gasteiger partial charge in [-0.1, -0.05) is 172 Å². The van der Waals surface area contributed by atoms with E-state index in [0.717, 1.165) is 98.6 Å². The number of carbonyl (C=O) groups is 4. The van der Waals surface area contributed by atoms with Crippen molar-refractivity contribution in [1.29, 1.82) is 0 Å². The summed E-state index contributed by atoms with van der Waals surface area (Å²) >= 11 is 0. The third kappa shape index (κ3) is 28.0. The third-order valence-corrected chi connectivity index (χ3v) is 28.3. The molecule has 26 heteroatoms. The highest BCUT2D eigenvalue weighted by Gasteiger charge is 2.42. The molecule has 8 aromatic carbocycles. The van der Waals surface area contributed by atoms with Gasteiger partial charge in [0.1, 0.15) is 58.4 Å². The Hall–Kier alpha value is -11.5. The molecule has 16 rings (SSSR count). The molecule has 4 unspecified atom stereocenters. The Morgan fingerprint density at radius 1 is 0.399 bits per heavy atom. The van der Waals surface area contributed by atoms with Crippen LogP contribution in [-0.4, -0.2) is 228 Å². The zero-order chi connectivity index (χ0) is 95.9. The van der Waals surface area contributed by atoms with Crippen LogP contribution >= 0.6 is 0 Å². The van der Waals surface area contributed by atoms with Crippen LogP contribution in [0.1, 0.15) is 200 Å². The Morgan fingerprint density at radius 3 is 1.14 bits per heavy atom. The van der Waals surface area contributed by atoms with E-state index >= 15 is 0 Å². The number of benzene rings is 8. The van der Waals surface area contributed by atoms with Gasteiger partial charge in [-0.05, 0) is 201 Å². The molecule has 2 amide bonds. The predicted molar refractivity (Wildman–Crippen MR) is 541 cm³/mol. The number of aromatic nitrogens is 4. The average molecular weight is 1880 g/mol. The molecular formula is C112H144N12O14. The maximum Gasteiger partial charge on any atom is 0.310 e. The molecule has 4 bridgehead atoms. The maximum absolute atomic E-state index is 13.9. The van der Waals surface area contributed by atoms with Gasteiger partial charge >= 0.3 is 11.9 Å². The lowest BCUT2D eigenvalue weighted by Gasteiger charge is -2.48. The van der Waals surface area contributed by atoms with E-state index in [0.29, 0.717) is 171 Å². The van der Waals surface area contributed by atoms with E-state index in [-0.39, 0.29) is 73.1 Å². The number of methoxy groups -OCH3 is 2. The van der Waals surface area contributed by atoms with E-state index < -0.39 is 0 Å². The molecule has 0 saturated carbocycles. The van der Waals surface area contributed by atoms with Crippen LogP contribution in [0, 0.1) is 13.8 Å². The second kappa shape index (κ2) is 51.4. The number of piperidine rings is 4. The minimum absolute atomic E-state index is 0.00173. The topological polar surface area (TPSA) is 255 Å². The molecule has 736 valence electrons. The monoisotopic (exact) mass is 1880 g/mol. The van der Waals surface area contributed by atoms with Gasteiger partial charge in [0, 0.05) is 126 Å². The van der Waals surface area contributed by atoms with Crippen LogP contribution in [0.2, 0.25) is 0 Å². The summed E-state index contributed by atoms with van der Waals surface area (Å²) in [5.74, 6) is 5.01. The fraction of sp³-hybridized carbons (Fsp3) is 0.500.